The van der Waals surface area contributed by atoms with Crippen molar-refractivity contribution in [2.75, 3.05) is 46.4 Å². The van der Waals surface area contributed by atoms with Crippen LogP contribution in [0, 0.1) is 0 Å². The third-order valence-corrected chi connectivity index (χ3v) is 5.13. The Bertz CT molecular complexity index is 710. The van der Waals surface area contributed by atoms with Crippen LogP contribution in [0.5, 0.6) is 0 Å². The number of carbonyl (C=O) groups is 1. The number of methoxy groups -OCH3 is 1. The van der Waals surface area contributed by atoms with Gasteiger partial charge in [0.15, 0.2) is 0 Å². The Balaban J connectivity index is 1.51. The third-order valence-electron chi connectivity index (χ3n) is 5.13. The monoisotopic (exact) mass is 367 g/mol. The van der Waals surface area contributed by atoms with Crippen LogP contribution in [0.15, 0.2) is 54.6 Å². The molecule has 0 aromatic heterocycles. The number of piperazine rings is 1. The molecule has 0 radical (unpaired) electrons. The zero-order valence-corrected chi connectivity index (χ0v) is 16.2. The molecule has 5 nitrogen and oxygen atoms in total. The summed E-state index contributed by atoms with van der Waals surface area (Å²) in [6.45, 7) is 7.01. The molecule has 3 rings (SSSR count). The average Bonchev–Trinajstić information content (AvgIpc) is 2.73. The predicted octanol–water partition coefficient (Wildman–Crippen LogP) is 3.39. The molecule has 1 aliphatic rings. The van der Waals surface area contributed by atoms with Crippen LogP contribution in [0.2, 0.25) is 0 Å². The van der Waals surface area contributed by atoms with Crippen molar-refractivity contribution in [3.05, 3.63) is 60.2 Å². The van der Waals surface area contributed by atoms with Gasteiger partial charge in [0.05, 0.1) is 12.6 Å². The molecule has 27 heavy (non-hydrogen) atoms. The smallest absolute Gasteiger partial charge is 0.317 e. The highest BCUT2D eigenvalue weighted by atomic mass is 16.5. The molecule has 1 N–H and O–H groups in total. The van der Waals surface area contributed by atoms with E-state index in [0.717, 1.165) is 44.9 Å². The molecule has 0 bridgehead atoms. The van der Waals surface area contributed by atoms with Crippen LogP contribution in [0.4, 0.5) is 4.79 Å². The van der Waals surface area contributed by atoms with Crippen molar-refractivity contribution in [3.63, 3.8) is 0 Å². The summed E-state index contributed by atoms with van der Waals surface area (Å²) in [5.74, 6) is 0. The van der Waals surface area contributed by atoms with Crippen molar-refractivity contribution >= 4 is 6.03 Å². The summed E-state index contributed by atoms with van der Waals surface area (Å²) in [7, 11) is 1.72. The molecule has 1 fully saturated rings. The number of hydrogen-bond acceptors (Lipinski definition) is 3. The third kappa shape index (κ3) is 5.31. The largest absolute Gasteiger partial charge is 0.383 e. The van der Waals surface area contributed by atoms with Gasteiger partial charge < -0.3 is 15.0 Å². The van der Waals surface area contributed by atoms with E-state index >= 15 is 0 Å². The van der Waals surface area contributed by atoms with Crippen molar-refractivity contribution in [1.29, 1.82) is 0 Å². The first kappa shape index (κ1) is 19.4. The highest BCUT2D eigenvalue weighted by Gasteiger charge is 2.22. The van der Waals surface area contributed by atoms with E-state index in [0.29, 0.717) is 0 Å². The van der Waals surface area contributed by atoms with Gasteiger partial charge in [-0.25, -0.2) is 4.79 Å². The Hall–Kier alpha value is -2.37. The second kappa shape index (κ2) is 9.53. The Morgan fingerprint density at radius 3 is 2.26 bits per heavy atom. The lowest BCUT2D eigenvalue weighted by atomic mass is 10.0. The van der Waals surface area contributed by atoms with Gasteiger partial charge >= 0.3 is 6.03 Å². The molecule has 1 heterocycles. The number of benzene rings is 2. The van der Waals surface area contributed by atoms with Crippen molar-refractivity contribution in [1.82, 2.24) is 15.1 Å². The number of hydrogen-bond donors (Lipinski definition) is 1. The lowest BCUT2D eigenvalue weighted by Crippen LogP contribution is -2.52. The van der Waals surface area contributed by atoms with Gasteiger partial charge in [-0.2, -0.15) is 0 Å². The van der Waals surface area contributed by atoms with E-state index in [-0.39, 0.29) is 12.1 Å². The lowest BCUT2D eigenvalue weighted by molar-refractivity contribution is 0.105. The van der Waals surface area contributed by atoms with E-state index in [1.807, 2.05) is 30.0 Å². The van der Waals surface area contributed by atoms with Gasteiger partial charge in [0.2, 0.25) is 0 Å². The first-order valence-corrected chi connectivity index (χ1v) is 9.59. The topological polar surface area (TPSA) is 44.8 Å². The minimum Gasteiger partial charge on any atom is -0.383 e. The van der Waals surface area contributed by atoms with E-state index in [9.17, 15) is 4.79 Å². The molecule has 1 aliphatic heterocycles. The van der Waals surface area contributed by atoms with Crippen LogP contribution in [0.1, 0.15) is 18.5 Å². The molecule has 5 heteroatoms. The van der Waals surface area contributed by atoms with E-state index in [1.54, 1.807) is 7.11 Å². The van der Waals surface area contributed by atoms with Crippen LogP contribution < -0.4 is 5.32 Å². The number of carbonyl (C=O) groups excluding carboxylic acids is 1. The molecular weight excluding hydrogens is 338 g/mol. The Morgan fingerprint density at radius 1 is 1.00 bits per heavy atom. The number of urea groups is 1. The highest BCUT2D eigenvalue weighted by molar-refractivity contribution is 5.75. The summed E-state index contributed by atoms with van der Waals surface area (Å²) in [4.78, 5) is 16.8. The molecule has 2 aromatic rings. The van der Waals surface area contributed by atoms with Crippen LogP contribution in [-0.2, 0) is 4.74 Å². The maximum Gasteiger partial charge on any atom is 0.317 e. The summed E-state index contributed by atoms with van der Waals surface area (Å²) in [5.41, 5.74) is 3.50. The molecule has 2 amide bonds. The van der Waals surface area contributed by atoms with Crippen molar-refractivity contribution in [2.24, 2.45) is 0 Å². The summed E-state index contributed by atoms with van der Waals surface area (Å²) in [6, 6.07) is 18.7. The Labute approximate surface area is 161 Å². The second-order valence-electron chi connectivity index (χ2n) is 6.98. The molecule has 0 saturated carbocycles. The van der Waals surface area contributed by atoms with Crippen molar-refractivity contribution in [3.8, 4) is 11.1 Å². The van der Waals surface area contributed by atoms with Gasteiger partial charge in [-0.05, 0) is 23.6 Å². The van der Waals surface area contributed by atoms with E-state index < -0.39 is 0 Å². The predicted molar refractivity (Wildman–Crippen MR) is 109 cm³/mol. The minimum atomic E-state index is -0.0196. The number of nitrogens with zero attached hydrogens (tertiary/aromatic N) is 2. The first-order valence-electron chi connectivity index (χ1n) is 9.59. The SMILES string of the molecule is COCCN1CCN(C(=O)NC(C)c2ccc(-c3ccccc3)cc2)CC1. The second-order valence-corrected chi connectivity index (χ2v) is 6.98. The van der Waals surface area contributed by atoms with Gasteiger partial charge in [0.25, 0.3) is 0 Å². The fraction of sp³-hybridized carbons (Fsp3) is 0.409. The summed E-state index contributed by atoms with van der Waals surface area (Å²) >= 11 is 0. The van der Waals surface area contributed by atoms with Crippen molar-refractivity contribution in [2.45, 2.75) is 13.0 Å². The number of rotatable bonds is 6. The van der Waals surface area contributed by atoms with E-state index in [1.165, 1.54) is 11.1 Å². The van der Waals surface area contributed by atoms with Crippen LogP contribution in [0.3, 0.4) is 0 Å². The zero-order chi connectivity index (χ0) is 19.1. The Morgan fingerprint density at radius 2 is 1.63 bits per heavy atom. The summed E-state index contributed by atoms with van der Waals surface area (Å²) in [5, 5.41) is 3.13. The van der Waals surface area contributed by atoms with Gasteiger partial charge in [-0.1, -0.05) is 54.6 Å². The van der Waals surface area contributed by atoms with Gasteiger partial charge in [0.1, 0.15) is 0 Å². The van der Waals surface area contributed by atoms with Crippen LogP contribution >= 0.6 is 0 Å². The zero-order valence-electron chi connectivity index (χ0n) is 16.2. The van der Waals surface area contributed by atoms with Crippen LogP contribution in [-0.4, -0.2) is 62.3 Å². The first-order chi connectivity index (χ1) is 13.2. The summed E-state index contributed by atoms with van der Waals surface area (Å²) < 4.78 is 5.12. The molecular formula is C22H29N3O2. The number of ether oxygens (including phenoxy) is 1. The molecule has 0 aliphatic carbocycles. The number of nitrogens with one attached hydrogen (secondary N) is 1. The summed E-state index contributed by atoms with van der Waals surface area (Å²) in [6.07, 6.45) is 0. The maximum absolute atomic E-state index is 12.6. The fourth-order valence-electron chi connectivity index (χ4n) is 3.35. The number of amides is 2. The van der Waals surface area contributed by atoms with Crippen LogP contribution in [0.25, 0.3) is 11.1 Å². The highest BCUT2D eigenvalue weighted by Crippen LogP contribution is 2.22. The van der Waals surface area contributed by atoms with Gasteiger partial charge in [0, 0.05) is 39.8 Å². The quantitative estimate of drug-likeness (QED) is 0.851. The molecule has 1 saturated heterocycles. The lowest BCUT2D eigenvalue weighted by Gasteiger charge is -2.35. The average molecular weight is 367 g/mol. The van der Waals surface area contributed by atoms with Crippen molar-refractivity contribution < 1.29 is 9.53 Å². The molecule has 144 valence electrons. The standard InChI is InChI=1S/C22H29N3O2/c1-18(19-8-10-21(11-9-19)20-6-4-3-5-7-20)23-22(26)25-14-12-24(13-15-25)16-17-27-2/h3-11,18H,12-17H2,1-2H3,(H,23,26). The Kier molecular flexibility index (Phi) is 6.85. The maximum atomic E-state index is 12.6. The molecule has 1 atom stereocenters. The van der Waals surface area contributed by atoms with Gasteiger partial charge in [-0.3, -0.25) is 4.90 Å². The van der Waals surface area contributed by atoms with E-state index in [4.69, 9.17) is 4.74 Å². The molecule has 1 unspecified atom stereocenters. The fourth-order valence-corrected chi connectivity index (χ4v) is 3.35. The minimum absolute atomic E-state index is 0.0148. The molecule has 2 aromatic carbocycles. The van der Waals surface area contributed by atoms with Gasteiger partial charge in [-0.15, -0.1) is 0 Å². The normalized spacial score (nSPS) is 16.1. The molecule has 0 spiro atoms. The van der Waals surface area contributed by atoms with E-state index in [2.05, 4.69) is 46.6 Å².